The van der Waals surface area contributed by atoms with Crippen LogP contribution in [0, 0.1) is 34.5 Å². The molecule has 3 fully saturated rings. The summed E-state index contributed by atoms with van der Waals surface area (Å²) >= 11 is 0. The molecule has 22 heavy (non-hydrogen) atoms. The number of carbonyl (C=O) groups excluding carboxylic acids is 1. The molecule has 0 amide bonds. The van der Waals surface area contributed by atoms with E-state index >= 15 is 0 Å². The zero-order chi connectivity index (χ0) is 16.1. The summed E-state index contributed by atoms with van der Waals surface area (Å²) in [6.07, 6.45) is 8.12. The van der Waals surface area contributed by atoms with Crippen LogP contribution in [0.5, 0.6) is 0 Å². The molecule has 5 atom stereocenters. The number of hydrogen-bond donors (Lipinski definition) is 0. The SMILES string of the molecule is C=C(C)C(C(=O)OCC12CCC(C1)C1CCCC12)C(C)(C)C. The van der Waals surface area contributed by atoms with Crippen LogP contribution in [0.3, 0.4) is 0 Å². The molecule has 0 heterocycles. The van der Waals surface area contributed by atoms with Gasteiger partial charge in [-0.25, -0.2) is 0 Å². The van der Waals surface area contributed by atoms with Crippen LogP contribution in [0.4, 0.5) is 0 Å². The molecule has 0 spiro atoms. The highest BCUT2D eigenvalue weighted by Gasteiger charge is 2.59. The number of hydrogen-bond acceptors (Lipinski definition) is 2. The third-order valence-corrected chi connectivity index (χ3v) is 6.74. The van der Waals surface area contributed by atoms with Gasteiger partial charge >= 0.3 is 5.97 Å². The lowest BCUT2D eigenvalue weighted by molar-refractivity contribution is -0.155. The summed E-state index contributed by atoms with van der Waals surface area (Å²) in [6, 6.07) is 0. The monoisotopic (exact) mass is 304 g/mol. The Kier molecular flexibility index (Phi) is 3.94. The molecule has 0 aliphatic heterocycles. The van der Waals surface area contributed by atoms with E-state index in [4.69, 9.17) is 4.74 Å². The van der Waals surface area contributed by atoms with Gasteiger partial charge in [-0.2, -0.15) is 0 Å². The van der Waals surface area contributed by atoms with Gasteiger partial charge in [-0.15, -0.1) is 0 Å². The average molecular weight is 304 g/mol. The fraction of sp³-hybridized carbons (Fsp3) is 0.850. The second kappa shape index (κ2) is 5.39. The van der Waals surface area contributed by atoms with Crippen molar-refractivity contribution in [3.63, 3.8) is 0 Å². The number of esters is 1. The number of fused-ring (bicyclic) bond motifs is 5. The van der Waals surface area contributed by atoms with Gasteiger partial charge in [-0.1, -0.05) is 39.3 Å². The van der Waals surface area contributed by atoms with Gasteiger partial charge in [0.25, 0.3) is 0 Å². The standard InChI is InChI=1S/C20H32O2/c1-13(2)17(19(3,4)5)18(21)22-12-20-10-9-14(11-20)15-7-6-8-16(15)20/h14-17H,1,6-12H2,2-5H3. The van der Waals surface area contributed by atoms with Crippen molar-refractivity contribution in [2.75, 3.05) is 6.61 Å². The highest BCUT2D eigenvalue weighted by molar-refractivity contribution is 5.76. The summed E-state index contributed by atoms with van der Waals surface area (Å²) in [5.74, 6) is 2.44. The molecule has 2 heteroatoms. The molecule has 3 saturated carbocycles. The summed E-state index contributed by atoms with van der Waals surface area (Å²) in [5.41, 5.74) is 1.12. The van der Waals surface area contributed by atoms with E-state index in [2.05, 4.69) is 27.4 Å². The topological polar surface area (TPSA) is 26.3 Å². The molecule has 0 aromatic heterocycles. The van der Waals surface area contributed by atoms with E-state index in [1.165, 1.54) is 38.5 Å². The molecule has 0 saturated heterocycles. The Morgan fingerprint density at radius 3 is 2.68 bits per heavy atom. The second-order valence-corrected chi connectivity index (χ2v) is 9.32. The summed E-state index contributed by atoms with van der Waals surface area (Å²) in [4.78, 5) is 12.7. The molecule has 5 unspecified atom stereocenters. The molecule has 0 N–H and O–H groups in total. The van der Waals surface area contributed by atoms with Crippen molar-refractivity contribution in [1.82, 2.24) is 0 Å². The molecule has 0 aromatic carbocycles. The lowest BCUT2D eigenvalue weighted by Crippen LogP contribution is -2.37. The zero-order valence-electron chi connectivity index (χ0n) is 14.8. The fourth-order valence-electron chi connectivity index (χ4n) is 6.04. The quantitative estimate of drug-likeness (QED) is 0.540. The van der Waals surface area contributed by atoms with Crippen molar-refractivity contribution in [2.24, 2.45) is 34.5 Å². The van der Waals surface area contributed by atoms with E-state index in [-0.39, 0.29) is 17.3 Å². The van der Waals surface area contributed by atoms with E-state index < -0.39 is 0 Å². The summed E-state index contributed by atoms with van der Waals surface area (Å²) in [7, 11) is 0. The molecule has 3 aliphatic carbocycles. The third kappa shape index (κ3) is 2.53. The highest BCUT2D eigenvalue weighted by Crippen LogP contribution is 2.65. The van der Waals surface area contributed by atoms with Crippen molar-refractivity contribution in [1.29, 1.82) is 0 Å². The van der Waals surface area contributed by atoms with Crippen LogP contribution in [0.15, 0.2) is 12.2 Å². The maximum absolute atomic E-state index is 12.7. The lowest BCUT2D eigenvalue weighted by atomic mass is 9.72. The van der Waals surface area contributed by atoms with Crippen molar-refractivity contribution in [3.05, 3.63) is 12.2 Å². The lowest BCUT2D eigenvalue weighted by Gasteiger charge is -2.36. The molecule has 0 aromatic rings. The first-order chi connectivity index (χ1) is 10.2. The highest BCUT2D eigenvalue weighted by atomic mass is 16.5. The van der Waals surface area contributed by atoms with Crippen LogP contribution in [0.2, 0.25) is 0 Å². The minimum Gasteiger partial charge on any atom is -0.465 e. The Hall–Kier alpha value is -0.790. The van der Waals surface area contributed by atoms with Gasteiger partial charge in [-0.3, -0.25) is 4.79 Å². The van der Waals surface area contributed by atoms with Crippen LogP contribution in [-0.4, -0.2) is 12.6 Å². The molecular formula is C20H32O2. The van der Waals surface area contributed by atoms with E-state index in [1.807, 2.05) is 6.92 Å². The Morgan fingerprint density at radius 1 is 1.32 bits per heavy atom. The molecule has 2 bridgehead atoms. The molecule has 2 nitrogen and oxygen atoms in total. The van der Waals surface area contributed by atoms with E-state index in [1.54, 1.807) is 0 Å². The predicted octanol–water partition coefficient (Wildman–Crippen LogP) is 4.98. The third-order valence-electron chi connectivity index (χ3n) is 6.74. The Bertz CT molecular complexity index is 473. The molecule has 124 valence electrons. The van der Waals surface area contributed by atoms with Crippen LogP contribution in [-0.2, 0) is 9.53 Å². The van der Waals surface area contributed by atoms with Crippen molar-refractivity contribution < 1.29 is 9.53 Å². The molecule has 0 radical (unpaired) electrons. The van der Waals surface area contributed by atoms with Crippen LogP contribution in [0.1, 0.15) is 66.2 Å². The van der Waals surface area contributed by atoms with Gasteiger partial charge in [0.1, 0.15) is 0 Å². The molecule has 3 rings (SSSR count). The first-order valence-electron chi connectivity index (χ1n) is 9.07. The van der Waals surface area contributed by atoms with Crippen LogP contribution >= 0.6 is 0 Å². The fourth-order valence-corrected chi connectivity index (χ4v) is 6.04. The Labute approximate surface area is 135 Å². The van der Waals surface area contributed by atoms with Crippen LogP contribution in [0.25, 0.3) is 0 Å². The van der Waals surface area contributed by atoms with E-state index in [0.29, 0.717) is 12.0 Å². The van der Waals surface area contributed by atoms with Crippen LogP contribution < -0.4 is 0 Å². The van der Waals surface area contributed by atoms with Gasteiger partial charge in [0.05, 0.1) is 12.5 Å². The van der Waals surface area contributed by atoms with Crippen molar-refractivity contribution in [3.8, 4) is 0 Å². The summed E-state index contributed by atoms with van der Waals surface area (Å²) < 4.78 is 5.91. The Morgan fingerprint density at radius 2 is 2.05 bits per heavy atom. The maximum Gasteiger partial charge on any atom is 0.313 e. The smallest absolute Gasteiger partial charge is 0.313 e. The number of ether oxygens (including phenoxy) is 1. The van der Waals surface area contributed by atoms with Gasteiger partial charge in [0.2, 0.25) is 0 Å². The number of rotatable bonds is 4. The van der Waals surface area contributed by atoms with Gasteiger partial charge < -0.3 is 4.74 Å². The summed E-state index contributed by atoms with van der Waals surface area (Å²) in [6.45, 7) is 12.9. The van der Waals surface area contributed by atoms with E-state index in [9.17, 15) is 4.79 Å². The first kappa shape index (κ1) is 16.1. The Balaban J connectivity index is 1.67. The summed E-state index contributed by atoms with van der Waals surface area (Å²) in [5, 5.41) is 0. The van der Waals surface area contributed by atoms with E-state index in [0.717, 1.165) is 23.3 Å². The molecular weight excluding hydrogens is 272 g/mol. The number of carbonyl (C=O) groups is 1. The van der Waals surface area contributed by atoms with Gasteiger partial charge in [-0.05, 0) is 62.2 Å². The second-order valence-electron chi connectivity index (χ2n) is 9.32. The minimum absolute atomic E-state index is 0.0562. The zero-order valence-corrected chi connectivity index (χ0v) is 14.8. The average Bonchev–Trinajstić information content (AvgIpc) is 3.07. The van der Waals surface area contributed by atoms with Crippen molar-refractivity contribution in [2.45, 2.75) is 66.2 Å². The first-order valence-corrected chi connectivity index (χ1v) is 9.07. The van der Waals surface area contributed by atoms with Gasteiger partial charge in [0.15, 0.2) is 0 Å². The van der Waals surface area contributed by atoms with Gasteiger partial charge in [0, 0.05) is 5.41 Å². The molecule has 3 aliphatic rings. The maximum atomic E-state index is 12.7. The minimum atomic E-state index is -0.193. The largest absolute Gasteiger partial charge is 0.465 e. The normalized spacial score (nSPS) is 37.9. The predicted molar refractivity (Wildman–Crippen MR) is 89.3 cm³/mol. The van der Waals surface area contributed by atoms with Crippen molar-refractivity contribution >= 4 is 5.97 Å².